The van der Waals surface area contributed by atoms with E-state index in [4.69, 9.17) is 16.3 Å². The molecule has 0 saturated carbocycles. The highest BCUT2D eigenvalue weighted by Crippen LogP contribution is 2.31. The molecule has 160 valence electrons. The van der Waals surface area contributed by atoms with Gasteiger partial charge < -0.3 is 19.9 Å². The number of ether oxygens (including phenoxy) is 1. The normalized spacial score (nSPS) is 17.2. The second-order valence-corrected chi connectivity index (χ2v) is 9.05. The summed E-state index contributed by atoms with van der Waals surface area (Å²) in [5, 5.41) is 8.13. The van der Waals surface area contributed by atoms with Crippen LogP contribution in [0.25, 0.3) is 17.3 Å². The van der Waals surface area contributed by atoms with Gasteiger partial charge >= 0.3 is 6.09 Å². The predicted octanol–water partition coefficient (Wildman–Crippen LogP) is 3.12. The zero-order valence-corrected chi connectivity index (χ0v) is 18.5. The summed E-state index contributed by atoms with van der Waals surface area (Å²) in [5.74, 6) is 0.947. The Balaban J connectivity index is 1.66. The van der Waals surface area contributed by atoms with Gasteiger partial charge in [0.25, 0.3) is 0 Å². The van der Waals surface area contributed by atoms with E-state index in [0.717, 1.165) is 43.1 Å². The van der Waals surface area contributed by atoms with Crippen LogP contribution in [0.15, 0.2) is 23.5 Å². The maximum absolute atomic E-state index is 12.7. The van der Waals surface area contributed by atoms with Crippen LogP contribution in [-0.4, -0.2) is 64.6 Å². The largest absolute Gasteiger partial charge is 0.442 e. The van der Waals surface area contributed by atoms with Gasteiger partial charge in [0, 0.05) is 43.5 Å². The lowest BCUT2D eigenvalue weighted by molar-refractivity contribution is 0.0509. The lowest BCUT2D eigenvalue weighted by Crippen LogP contribution is -2.44. The molecule has 1 fully saturated rings. The molecule has 0 aliphatic carbocycles. The van der Waals surface area contributed by atoms with Crippen LogP contribution in [0.5, 0.6) is 0 Å². The molecule has 8 nitrogen and oxygen atoms in total. The average Bonchev–Trinajstić information content (AvgIpc) is 3.06. The minimum atomic E-state index is -0.614. The smallest absolute Gasteiger partial charge is 0.435 e. The third kappa shape index (κ3) is 4.29. The van der Waals surface area contributed by atoms with Crippen LogP contribution in [-0.2, 0) is 11.3 Å². The molecule has 0 atom stereocenters. The number of carbonyl (C=O) groups is 1. The van der Waals surface area contributed by atoms with Crippen LogP contribution in [0.2, 0.25) is 0 Å². The van der Waals surface area contributed by atoms with Gasteiger partial charge in [-0.1, -0.05) is 11.6 Å². The zero-order valence-electron chi connectivity index (χ0n) is 17.8. The molecule has 0 aromatic carbocycles. The van der Waals surface area contributed by atoms with Crippen LogP contribution in [0.4, 0.5) is 10.6 Å². The molecule has 2 aromatic heterocycles. The van der Waals surface area contributed by atoms with Gasteiger partial charge in [-0.15, -0.1) is 0 Å². The van der Waals surface area contributed by atoms with E-state index >= 15 is 0 Å². The number of rotatable bonds is 2. The molecule has 0 spiro atoms. The van der Waals surface area contributed by atoms with E-state index in [9.17, 15) is 4.79 Å². The highest BCUT2D eigenvalue weighted by Gasteiger charge is 2.27. The molecule has 4 heterocycles. The Bertz CT molecular complexity index is 969. The van der Waals surface area contributed by atoms with Gasteiger partial charge in [0.1, 0.15) is 22.3 Å². The number of nitrogens with zero attached hydrogens (tertiary/aromatic N) is 5. The van der Waals surface area contributed by atoms with Gasteiger partial charge in [0.15, 0.2) is 0 Å². The molecule has 2 aliphatic heterocycles. The van der Waals surface area contributed by atoms with Crippen LogP contribution in [0.3, 0.4) is 0 Å². The first kappa shape index (κ1) is 20.7. The monoisotopic (exact) mass is 430 g/mol. The fraction of sp³-hybridized carbons (Fsp3) is 0.476. The first-order chi connectivity index (χ1) is 14.2. The van der Waals surface area contributed by atoms with Crippen molar-refractivity contribution in [3.8, 4) is 11.3 Å². The third-order valence-electron chi connectivity index (χ3n) is 5.13. The molecule has 1 N–H and O–H groups in total. The minimum Gasteiger partial charge on any atom is -0.442 e. The van der Waals surface area contributed by atoms with Crippen molar-refractivity contribution in [2.75, 3.05) is 38.1 Å². The Morgan fingerprint density at radius 3 is 2.57 bits per heavy atom. The number of carbonyl (C=O) groups excluding carboxylic acids is 1. The van der Waals surface area contributed by atoms with Crippen molar-refractivity contribution in [1.29, 1.82) is 0 Å². The molecule has 30 heavy (non-hydrogen) atoms. The molecule has 1 saturated heterocycles. The van der Waals surface area contributed by atoms with Crippen molar-refractivity contribution in [3.63, 3.8) is 0 Å². The molecule has 2 aromatic rings. The standard InChI is InChI=1S/C21H27ClN6O2/c1-21(2,3)30-20(29)28-16-13-23-17(22)11-15(16)19(25-28)14-5-6-18(24-12-14)27-9-7-26(4)8-10-27/h5-6,11-12,23H,7-10,13H2,1-4H3. The van der Waals surface area contributed by atoms with Crippen molar-refractivity contribution in [3.05, 3.63) is 34.7 Å². The predicted molar refractivity (Wildman–Crippen MR) is 117 cm³/mol. The van der Waals surface area contributed by atoms with Gasteiger partial charge in [-0.2, -0.15) is 9.78 Å². The maximum Gasteiger partial charge on any atom is 0.435 e. The number of hydrogen-bond donors (Lipinski definition) is 1. The van der Waals surface area contributed by atoms with Gasteiger partial charge in [0.05, 0.1) is 12.2 Å². The summed E-state index contributed by atoms with van der Waals surface area (Å²) in [6.07, 6.45) is 3.08. The van der Waals surface area contributed by atoms with E-state index < -0.39 is 11.7 Å². The third-order valence-corrected chi connectivity index (χ3v) is 5.38. The summed E-state index contributed by atoms with van der Waals surface area (Å²) in [7, 11) is 2.13. The fourth-order valence-electron chi connectivity index (χ4n) is 3.55. The molecular weight excluding hydrogens is 404 g/mol. The van der Waals surface area contributed by atoms with E-state index in [2.05, 4.69) is 32.2 Å². The first-order valence-corrected chi connectivity index (χ1v) is 10.5. The number of likely N-dealkylation sites (N-methyl/N-ethyl adjacent to an activating group) is 1. The lowest BCUT2D eigenvalue weighted by atomic mass is 10.1. The van der Waals surface area contributed by atoms with E-state index in [1.165, 1.54) is 4.68 Å². The molecule has 2 aliphatic rings. The molecule has 9 heteroatoms. The van der Waals surface area contributed by atoms with Crippen molar-refractivity contribution in [2.24, 2.45) is 0 Å². The average molecular weight is 431 g/mol. The van der Waals surface area contributed by atoms with Gasteiger partial charge in [-0.05, 0) is 46.0 Å². The van der Waals surface area contributed by atoms with E-state index in [0.29, 0.717) is 23.1 Å². The summed E-state index contributed by atoms with van der Waals surface area (Å²) in [5.41, 5.74) is 2.39. The second-order valence-electron chi connectivity index (χ2n) is 8.64. The molecule has 4 rings (SSSR count). The molecule has 0 radical (unpaired) electrons. The minimum absolute atomic E-state index is 0.393. The van der Waals surface area contributed by atoms with E-state index in [1.54, 1.807) is 12.3 Å². The Kier molecular flexibility index (Phi) is 5.46. The molecule has 0 unspecified atom stereocenters. The highest BCUT2D eigenvalue weighted by atomic mass is 35.5. The van der Waals surface area contributed by atoms with Crippen LogP contribution in [0, 0.1) is 0 Å². The van der Waals surface area contributed by atoms with E-state index in [1.807, 2.05) is 32.9 Å². The Hall–Kier alpha value is -2.58. The topological polar surface area (TPSA) is 75.5 Å². The number of nitrogens with one attached hydrogen (secondary N) is 1. The van der Waals surface area contributed by atoms with Gasteiger partial charge in [0.2, 0.25) is 0 Å². The van der Waals surface area contributed by atoms with Crippen LogP contribution < -0.4 is 10.2 Å². The second kappa shape index (κ2) is 7.92. The summed E-state index contributed by atoms with van der Waals surface area (Å²) >= 11 is 6.21. The summed E-state index contributed by atoms with van der Waals surface area (Å²) < 4.78 is 6.84. The van der Waals surface area contributed by atoms with Gasteiger partial charge in [-0.3, -0.25) is 0 Å². The van der Waals surface area contributed by atoms with Crippen molar-refractivity contribution >= 4 is 29.6 Å². The number of fused-ring (bicyclic) bond motifs is 1. The number of anilines is 1. The Morgan fingerprint density at radius 2 is 1.93 bits per heavy atom. The van der Waals surface area contributed by atoms with Crippen molar-refractivity contribution in [2.45, 2.75) is 32.9 Å². The Labute approximate surface area is 181 Å². The summed E-state index contributed by atoms with van der Waals surface area (Å²) in [6.45, 7) is 9.84. The number of pyridine rings is 1. The fourth-order valence-corrected chi connectivity index (χ4v) is 3.73. The Morgan fingerprint density at radius 1 is 1.20 bits per heavy atom. The lowest BCUT2D eigenvalue weighted by Gasteiger charge is -2.33. The SMILES string of the molecule is CN1CCN(c2ccc(-c3nn(C(=O)OC(C)(C)C)c4c3C=C(Cl)NC4)cn2)CC1. The highest BCUT2D eigenvalue weighted by molar-refractivity contribution is 6.31. The first-order valence-electron chi connectivity index (χ1n) is 10.1. The van der Waals surface area contributed by atoms with Gasteiger partial charge in [-0.25, -0.2) is 9.78 Å². The van der Waals surface area contributed by atoms with E-state index in [-0.39, 0.29) is 0 Å². The van der Waals surface area contributed by atoms with Crippen LogP contribution in [0.1, 0.15) is 32.0 Å². The zero-order chi connectivity index (χ0) is 21.5. The number of aromatic nitrogens is 3. The molecular formula is C21H27ClN6O2. The maximum atomic E-state index is 12.7. The molecule has 0 bridgehead atoms. The quantitative estimate of drug-likeness (QED) is 0.733. The van der Waals surface area contributed by atoms with Crippen LogP contribution >= 0.6 is 11.6 Å². The van der Waals surface area contributed by atoms with Crippen molar-refractivity contribution < 1.29 is 9.53 Å². The summed E-state index contributed by atoms with van der Waals surface area (Å²) in [6, 6.07) is 4.00. The molecule has 0 amide bonds. The number of hydrogen-bond acceptors (Lipinski definition) is 7. The number of halogens is 1. The van der Waals surface area contributed by atoms with Crippen molar-refractivity contribution in [1.82, 2.24) is 25.0 Å². The number of piperazine rings is 1. The summed E-state index contributed by atoms with van der Waals surface area (Å²) in [4.78, 5) is 22.0.